The Morgan fingerprint density at radius 2 is 1.31 bits per heavy atom. The van der Waals surface area contributed by atoms with Crippen LogP contribution >= 0.6 is 0 Å². The molecule has 97 valence electrons. The van der Waals surface area contributed by atoms with Crippen molar-refractivity contribution in [1.82, 2.24) is 0 Å². The summed E-state index contributed by atoms with van der Waals surface area (Å²) < 4.78 is 0. The summed E-state index contributed by atoms with van der Waals surface area (Å²) in [7, 11) is 0. The molecule has 0 aromatic carbocycles. The summed E-state index contributed by atoms with van der Waals surface area (Å²) in [5, 5.41) is 0. The van der Waals surface area contributed by atoms with Gasteiger partial charge in [0.2, 0.25) is 0 Å². The zero-order valence-corrected chi connectivity index (χ0v) is 11.9. The molecule has 0 saturated carbocycles. The second-order valence-electron chi connectivity index (χ2n) is 5.27. The van der Waals surface area contributed by atoms with E-state index in [-0.39, 0.29) is 0 Å². The zero-order chi connectivity index (χ0) is 12.1. The van der Waals surface area contributed by atoms with Crippen LogP contribution in [0.3, 0.4) is 0 Å². The van der Waals surface area contributed by atoms with Crippen LogP contribution in [0.15, 0.2) is 0 Å². The summed E-state index contributed by atoms with van der Waals surface area (Å²) in [6.45, 7) is 6.94. The van der Waals surface area contributed by atoms with Crippen LogP contribution in [-0.2, 0) is 0 Å². The molecule has 0 nitrogen and oxygen atoms in total. The minimum absolute atomic E-state index is 0.847. The lowest BCUT2D eigenvalue weighted by atomic mass is 9.97. The first-order valence-corrected chi connectivity index (χ1v) is 7.64. The molecule has 0 N–H and O–H groups in total. The highest BCUT2D eigenvalue weighted by Crippen LogP contribution is 2.16. The zero-order valence-electron chi connectivity index (χ0n) is 11.9. The fraction of sp³-hybridized carbons (Fsp3) is 0.938. The van der Waals surface area contributed by atoms with Gasteiger partial charge in [0, 0.05) is 0 Å². The highest BCUT2D eigenvalue weighted by Gasteiger charge is 2.01. The first-order chi connectivity index (χ1) is 7.81. The summed E-state index contributed by atoms with van der Waals surface area (Å²) in [4.78, 5) is 0. The Hall–Kier alpha value is 0. The summed E-state index contributed by atoms with van der Waals surface area (Å²) in [5.74, 6) is 0.847. The van der Waals surface area contributed by atoms with Crippen LogP contribution in [0, 0.1) is 12.3 Å². The molecule has 0 fully saturated rings. The quantitative estimate of drug-likeness (QED) is 0.349. The predicted octanol–water partition coefficient (Wildman–Crippen LogP) is 6.16. The van der Waals surface area contributed by atoms with Gasteiger partial charge in [-0.3, -0.25) is 0 Å². The molecule has 1 radical (unpaired) electrons. The highest BCUT2D eigenvalue weighted by atomic mass is 14.1. The van der Waals surface area contributed by atoms with Crippen molar-refractivity contribution in [3.63, 3.8) is 0 Å². The Balaban J connectivity index is 3.02. The van der Waals surface area contributed by atoms with E-state index in [1.807, 2.05) is 0 Å². The Bertz CT molecular complexity index is 117. The molecular weight excluding hydrogens is 192 g/mol. The first kappa shape index (κ1) is 16.0. The second-order valence-corrected chi connectivity index (χ2v) is 5.27. The van der Waals surface area contributed by atoms with Crippen LogP contribution in [0.2, 0.25) is 0 Å². The van der Waals surface area contributed by atoms with E-state index in [0.29, 0.717) is 0 Å². The van der Waals surface area contributed by atoms with Gasteiger partial charge in [-0.1, -0.05) is 85.0 Å². The molecule has 1 unspecified atom stereocenters. The summed E-state index contributed by atoms with van der Waals surface area (Å²) >= 11 is 0. The van der Waals surface area contributed by atoms with Crippen LogP contribution in [0.1, 0.15) is 91.4 Å². The van der Waals surface area contributed by atoms with E-state index in [0.717, 1.165) is 5.92 Å². The summed E-state index contributed by atoms with van der Waals surface area (Å²) in [5.41, 5.74) is 0. The normalized spacial score (nSPS) is 12.9. The molecule has 16 heavy (non-hydrogen) atoms. The molecule has 0 aromatic heterocycles. The summed E-state index contributed by atoms with van der Waals surface area (Å²) in [6, 6.07) is 0. The van der Waals surface area contributed by atoms with Gasteiger partial charge in [0.05, 0.1) is 0 Å². The topological polar surface area (TPSA) is 0 Å². The van der Waals surface area contributed by atoms with Crippen LogP contribution in [0.5, 0.6) is 0 Å². The lowest BCUT2D eigenvalue weighted by Gasteiger charge is -2.09. The molecule has 0 aromatic rings. The van der Waals surface area contributed by atoms with E-state index in [9.17, 15) is 0 Å². The molecule has 0 heteroatoms. The van der Waals surface area contributed by atoms with E-state index in [1.54, 1.807) is 0 Å². The fourth-order valence-corrected chi connectivity index (χ4v) is 2.15. The van der Waals surface area contributed by atoms with Crippen molar-refractivity contribution in [3.05, 3.63) is 6.42 Å². The van der Waals surface area contributed by atoms with E-state index in [1.165, 1.54) is 70.6 Å². The molecule has 0 bridgehead atoms. The average molecular weight is 225 g/mol. The van der Waals surface area contributed by atoms with Crippen molar-refractivity contribution in [2.75, 3.05) is 0 Å². The van der Waals surface area contributed by atoms with E-state index >= 15 is 0 Å². The Morgan fingerprint density at radius 1 is 0.750 bits per heavy atom. The number of unbranched alkanes of at least 4 members (excludes halogenated alkanes) is 8. The lowest BCUT2D eigenvalue weighted by molar-refractivity contribution is 0.526. The van der Waals surface area contributed by atoms with Crippen molar-refractivity contribution in [1.29, 1.82) is 0 Å². The van der Waals surface area contributed by atoms with Crippen molar-refractivity contribution in [2.45, 2.75) is 91.4 Å². The number of hydrogen-bond acceptors (Lipinski definition) is 0. The van der Waals surface area contributed by atoms with Gasteiger partial charge in [-0.15, -0.1) is 0 Å². The van der Waals surface area contributed by atoms with Gasteiger partial charge < -0.3 is 0 Å². The maximum atomic E-state index is 2.54. The lowest BCUT2D eigenvalue weighted by Crippen LogP contribution is -1.95. The first-order valence-electron chi connectivity index (χ1n) is 7.64. The third-order valence-corrected chi connectivity index (χ3v) is 3.39. The van der Waals surface area contributed by atoms with Gasteiger partial charge in [-0.25, -0.2) is 0 Å². The molecule has 0 amide bonds. The van der Waals surface area contributed by atoms with Gasteiger partial charge in [-0.2, -0.15) is 0 Å². The monoisotopic (exact) mass is 225 g/mol. The van der Waals surface area contributed by atoms with Crippen molar-refractivity contribution in [2.24, 2.45) is 5.92 Å². The maximum absolute atomic E-state index is 2.54. The minimum Gasteiger partial charge on any atom is -0.0654 e. The van der Waals surface area contributed by atoms with Gasteiger partial charge >= 0.3 is 0 Å². The van der Waals surface area contributed by atoms with Crippen LogP contribution in [0.4, 0.5) is 0 Å². The van der Waals surface area contributed by atoms with Gasteiger partial charge in [0.15, 0.2) is 0 Å². The van der Waals surface area contributed by atoms with Gasteiger partial charge in [0.25, 0.3) is 0 Å². The molecular formula is C16H33. The van der Waals surface area contributed by atoms with Crippen molar-refractivity contribution in [3.8, 4) is 0 Å². The summed E-state index contributed by atoms with van der Waals surface area (Å²) in [6.07, 6.45) is 18.0. The molecule has 0 aliphatic carbocycles. The molecule has 0 spiro atoms. The van der Waals surface area contributed by atoms with E-state index in [4.69, 9.17) is 0 Å². The Kier molecular flexibility index (Phi) is 13.1. The SMILES string of the molecule is CCCCCCCCC[CH]C(C)CCCC. The second kappa shape index (κ2) is 13.1. The van der Waals surface area contributed by atoms with E-state index < -0.39 is 0 Å². The molecule has 0 saturated heterocycles. The fourth-order valence-electron chi connectivity index (χ4n) is 2.15. The van der Waals surface area contributed by atoms with Gasteiger partial charge in [0.1, 0.15) is 0 Å². The molecule has 0 aliphatic heterocycles. The van der Waals surface area contributed by atoms with E-state index in [2.05, 4.69) is 27.2 Å². The number of hydrogen-bond donors (Lipinski definition) is 0. The standard InChI is InChI=1S/C16H33/c1-4-6-8-9-10-11-12-13-15-16(3)14-7-5-2/h15-16H,4-14H2,1-3H3. The van der Waals surface area contributed by atoms with Crippen LogP contribution < -0.4 is 0 Å². The highest BCUT2D eigenvalue weighted by molar-refractivity contribution is 4.72. The minimum atomic E-state index is 0.847. The largest absolute Gasteiger partial charge is 0.0654 e. The molecule has 0 rings (SSSR count). The van der Waals surface area contributed by atoms with Crippen molar-refractivity contribution >= 4 is 0 Å². The third kappa shape index (κ3) is 12.1. The molecule has 1 atom stereocenters. The van der Waals surface area contributed by atoms with Crippen LogP contribution in [0.25, 0.3) is 0 Å². The average Bonchev–Trinajstić information content (AvgIpc) is 2.30. The van der Waals surface area contributed by atoms with Crippen molar-refractivity contribution < 1.29 is 0 Å². The van der Waals surface area contributed by atoms with Crippen LogP contribution in [-0.4, -0.2) is 0 Å². The maximum Gasteiger partial charge on any atom is -0.0358 e. The predicted molar refractivity (Wildman–Crippen MR) is 75.6 cm³/mol. The Labute approximate surface area is 104 Å². The van der Waals surface area contributed by atoms with Gasteiger partial charge in [-0.05, 0) is 18.8 Å². The molecule has 0 aliphatic rings. The Morgan fingerprint density at radius 3 is 1.94 bits per heavy atom. The number of rotatable bonds is 12. The molecule has 0 heterocycles. The third-order valence-electron chi connectivity index (χ3n) is 3.39. The smallest absolute Gasteiger partial charge is 0.0358 e.